The summed E-state index contributed by atoms with van der Waals surface area (Å²) in [5, 5.41) is 11.0. The largest absolute Gasteiger partial charge is 0.408 e. The molecule has 0 saturated heterocycles. The van der Waals surface area contributed by atoms with Crippen LogP contribution in [-0.2, 0) is 0 Å². The van der Waals surface area contributed by atoms with E-state index < -0.39 is 0 Å². The number of oxime groups is 1. The highest BCUT2D eigenvalue weighted by Gasteiger charge is 1.99. The van der Waals surface area contributed by atoms with Gasteiger partial charge in [0.2, 0.25) is 5.96 Å². The number of hydrogen-bond acceptors (Lipinski definition) is 2. The van der Waals surface area contributed by atoms with Gasteiger partial charge in [0.1, 0.15) is 0 Å². The highest BCUT2D eigenvalue weighted by atomic mass is 16.4. The highest BCUT2D eigenvalue weighted by Crippen LogP contribution is 1.83. The molecule has 0 aliphatic heterocycles. The average Bonchev–Trinajstić information content (AvgIpc) is 1.90. The van der Waals surface area contributed by atoms with E-state index in [0.717, 1.165) is 13.1 Å². The number of nitrogens with zero attached hydrogens (tertiary/aromatic N) is 2. The minimum atomic E-state index is 0.181. The van der Waals surface area contributed by atoms with Gasteiger partial charge in [0.15, 0.2) is 0 Å². The molecule has 9 heavy (non-hydrogen) atoms. The minimum Gasteiger partial charge on any atom is -0.408 e. The maximum absolute atomic E-state index is 8.19. The quantitative estimate of drug-likeness (QED) is 0.240. The number of rotatable bonds is 2. The Morgan fingerprint density at radius 1 is 1.56 bits per heavy atom. The predicted molar refractivity (Wildman–Crippen MR) is 36.3 cm³/mol. The molecule has 0 fully saturated rings. The lowest BCUT2D eigenvalue weighted by Crippen LogP contribution is -2.36. The summed E-state index contributed by atoms with van der Waals surface area (Å²) < 4.78 is 0. The number of nitrogens with two attached hydrogens (primary N) is 1. The Labute approximate surface area is 54.9 Å². The van der Waals surface area contributed by atoms with Gasteiger partial charge in [-0.05, 0) is 13.8 Å². The van der Waals surface area contributed by atoms with Crippen molar-refractivity contribution < 1.29 is 5.21 Å². The zero-order valence-corrected chi connectivity index (χ0v) is 5.83. The Balaban J connectivity index is 3.79. The van der Waals surface area contributed by atoms with Gasteiger partial charge < -0.3 is 15.8 Å². The van der Waals surface area contributed by atoms with Crippen molar-refractivity contribution in [2.75, 3.05) is 13.1 Å². The Hall–Kier alpha value is -0.930. The molecule has 0 aromatic rings. The van der Waals surface area contributed by atoms with E-state index in [1.165, 1.54) is 0 Å². The second-order valence-corrected chi connectivity index (χ2v) is 1.63. The van der Waals surface area contributed by atoms with Crippen LogP contribution in [0.4, 0.5) is 0 Å². The van der Waals surface area contributed by atoms with Crippen molar-refractivity contribution in [3.8, 4) is 0 Å². The smallest absolute Gasteiger partial charge is 0.233 e. The molecule has 0 aliphatic rings. The van der Waals surface area contributed by atoms with E-state index >= 15 is 0 Å². The first-order valence-corrected chi connectivity index (χ1v) is 2.98. The molecule has 4 heteroatoms. The molecule has 0 rings (SSSR count). The van der Waals surface area contributed by atoms with Crippen LogP contribution in [0.25, 0.3) is 0 Å². The Bertz CT molecular complexity index is 98.4. The van der Waals surface area contributed by atoms with Gasteiger partial charge in [-0.3, -0.25) is 0 Å². The summed E-state index contributed by atoms with van der Waals surface area (Å²) in [6.45, 7) is 5.43. The van der Waals surface area contributed by atoms with Crippen molar-refractivity contribution in [3.63, 3.8) is 0 Å². The standard InChI is InChI=1S/C5H13N3O/c1-3-8(4-2)5(6)7-9/h9H,3-4H2,1-2H3,(H2,6,7). The summed E-state index contributed by atoms with van der Waals surface area (Å²) in [5.74, 6) is 0.181. The van der Waals surface area contributed by atoms with Crippen LogP contribution in [0.2, 0.25) is 0 Å². The fourth-order valence-electron chi connectivity index (χ4n) is 0.611. The first-order valence-electron chi connectivity index (χ1n) is 2.98. The van der Waals surface area contributed by atoms with Crippen LogP contribution in [0.5, 0.6) is 0 Å². The molecular weight excluding hydrogens is 118 g/mol. The van der Waals surface area contributed by atoms with E-state index in [1.807, 2.05) is 13.8 Å². The van der Waals surface area contributed by atoms with Crippen molar-refractivity contribution >= 4 is 5.96 Å². The van der Waals surface area contributed by atoms with Crippen LogP contribution >= 0.6 is 0 Å². The maximum atomic E-state index is 8.19. The summed E-state index contributed by atoms with van der Waals surface area (Å²) in [6, 6.07) is 0. The lowest BCUT2D eigenvalue weighted by atomic mass is 10.5. The SMILES string of the molecule is CCN(CC)/C(N)=N/O. The summed E-state index contributed by atoms with van der Waals surface area (Å²) >= 11 is 0. The van der Waals surface area contributed by atoms with Crippen LogP contribution in [-0.4, -0.2) is 29.2 Å². The van der Waals surface area contributed by atoms with Gasteiger partial charge in [-0.15, -0.1) is 0 Å². The fourth-order valence-corrected chi connectivity index (χ4v) is 0.611. The van der Waals surface area contributed by atoms with Gasteiger partial charge in [0.25, 0.3) is 0 Å². The van der Waals surface area contributed by atoms with Gasteiger partial charge in [0.05, 0.1) is 0 Å². The third-order valence-corrected chi connectivity index (χ3v) is 1.19. The van der Waals surface area contributed by atoms with E-state index in [2.05, 4.69) is 5.16 Å². The molecule has 54 valence electrons. The van der Waals surface area contributed by atoms with E-state index in [9.17, 15) is 0 Å². The average molecular weight is 131 g/mol. The number of guanidine groups is 1. The van der Waals surface area contributed by atoms with Crippen LogP contribution in [0.3, 0.4) is 0 Å². The van der Waals surface area contributed by atoms with Gasteiger partial charge in [0, 0.05) is 13.1 Å². The molecule has 0 aromatic heterocycles. The molecule has 0 amide bonds. The maximum Gasteiger partial charge on any atom is 0.233 e. The Kier molecular flexibility index (Phi) is 3.59. The van der Waals surface area contributed by atoms with E-state index in [0.29, 0.717) is 0 Å². The third kappa shape index (κ3) is 2.21. The van der Waals surface area contributed by atoms with E-state index in [4.69, 9.17) is 10.9 Å². The monoisotopic (exact) mass is 131 g/mol. The Morgan fingerprint density at radius 2 is 2.00 bits per heavy atom. The highest BCUT2D eigenvalue weighted by molar-refractivity contribution is 5.77. The molecule has 3 N–H and O–H groups in total. The fraction of sp³-hybridized carbons (Fsp3) is 0.800. The van der Waals surface area contributed by atoms with Crippen molar-refractivity contribution in [1.29, 1.82) is 0 Å². The van der Waals surface area contributed by atoms with Crippen molar-refractivity contribution in [3.05, 3.63) is 0 Å². The first-order chi connectivity index (χ1) is 4.26. The van der Waals surface area contributed by atoms with Crippen LogP contribution < -0.4 is 5.73 Å². The predicted octanol–water partition coefficient (Wildman–Crippen LogP) is 0.0321. The molecule has 0 aliphatic carbocycles. The van der Waals surface area contributed by atoms with Crippen LogP contribution in [0.1, 0.15) is 13.8 Å². The lowest BCUT2D eigenvalue weighted by Gasteiger charge is -2.17. The summed E-state index contributed by atoms with van der Waals surface area (Å²) in [6.07, 6.45) is 0. The molecule has 0 atom stereocenters. The summed E-state index contributed by atoms with van der Waals surface area (Å²) in [7, 11) is 0. The third-order valence-electron chi connectivity index (χ3n) is 1.19. The van der Waals surface area contributed by atoms with Gasteiger partial charge in [-0.1, -0.05) is 5.16 Å². The summed E-state index contributed by atoms with van der Waals surface area (Å²) in [5.41, 5.74) is 5.26. The van der Waals surface area contributed by atoms with E-state index in [1.54, 1.807) is 4.90 Å². The van der Waals surface area contributed by atoms with Crippen molar-refractivity contribution in [2.45, 2.75) is 13.8 Å². The number of hydrogen-bond donors (Lipinski definition) is 2. The second-order valence-electron chi connectivity index (χ2n) is 1.63. The molecule has 0 aromatic carbocycles. The van der Waals surface area contributed by atoms with Gasteiger partial charge >= 0.3 is 0 Å². The molecule has 0 unspecified atom stereocenters. The van der Waals surface area contributed by atoms with E-state index in [-0.39, 0.29) is 5.96 Å². The van der Waals surface area contributed by atoms with Crippen molar-refractivity contribution in [2.24, 2.45) is 10.9 Å². The molecule has 0 spiro atoms. The molecule has 4 nitrogen and oxygen atoms in total. The van der Waals surface area contributed by atoms with Crippen LogP contribution in [0, 0.1) is 0 Å². The zero-order chi connectivity index (χ0) is 7.28. The topological polar surface area (TPSA) is 61.8 Å². The van der Waals surface area contributed by atoms with Gasteiger partial charge in [-0.2, -0.15) is 0 Å². The molecule has 0 heterocycles. The molecular formula is C5H13N3O. The molecule has 0 radical (unpaired) electrons. The second kappa shape index (κ2) is 4.00. The first kappa shape index (κ1) is 8.07. The summed E-state index contributed by atoms with van der Waals surface area (Å²) in [4.78, 5) is 1.75. The van der Waals surface area contributed by atoms with Crippen LogP contribution in [0.15, 0.2) is 5.16 Å². The Morgan fingerprint density at radius 3 is 2.11 bits per heavy atom. The lowest BCUT2D eigenvalue weighted by molar-refractivity contribution is 0.301. The minimum absolute atomic E-state index is 0.181. The van der Waals surface area contributed by atoms with Crippen molar-refractivity contribution in [1.82, 2.24) is 4.90 Å². The normalized spacial score (nSPS) is 11.6. The van der Waals surface area contributed by atoms with Gasteiger partial charge in [-0.25, -0.2) is 0 Å². The molecule has 0 bridgehead atoms. The zero-order valence-electron chi connectivity index (χ0n) is 5.83. The molecule has 0 saturated carbocycles.